The second-order valence-corrected chi connectivity index (χ2v) is 8.24. The van der Waals surface area contributed by atoms with Crippen LogP contribution in [0.25, 0.3) is 0 Å². The summed E-state index contributed by atoms with van der Waals surface area (Å²) in [6, 6.07) is 2.99. The van der Waals surface area contributed by atoms with Gasteiger partial charge in [0.25, 0.3) is 0 Å². The molecule has 0 saturated heterocycles. The van der Waals surface area contributed by atoms with Crippen LogP contribution in [0.15, 0.2) is 17.0 Å². The van der Waals surface area contributed by atoms with Crippen LogP contribution in [0.1, 0.15) is 24.8 Å². The Bertz CT molecular complexity index is 605. The molecule has 2 rings (SSSR count). The summed E-state index contributed by atoms with van der Waals surface area (Å²) in [5.41, 5.74) is 7.00. The molecule has 0 aliphatic heterocycles. The Balaban J connectivity index is 2.29. The third kappa shape index (κ3) is 3.24. The van der Waals surface area contributed by atoms with Crippen molar-refractivity contribution in [2.24, 2.45) is 0 Å². The third-order valence-corrected chi connectivity index (χ3v) is 6.80. The molecular weight excluding hydrogens is 316 g/mol. The van der Waals surface area contributed by atoms with Gasteiger partial charge < -0.3 is 5.73 Å². The number of hydrogen-bond acceptors (Lipinski definition) is 4. The highest BCUT2D eigenvalue weighted by molar-refractivity contribution is 7.99. The van der Waals surface area contributed by atoms with E-state index in [1.807, 2.05) is 6.26 Å². The average molecular weight is 335 g/mol. The first-order valence-corrected chi connectivity index (χ1v) is 9.61. The molecule has 1 aromatic carbocycles. The summed E-state index contributed by atoms with van der Waals surface area (Å²) in [6.07, 6.45) is 4.96. The van der Waals surface area contributed by atoms with Gasteiger partial charge >= 0.3 is 0 Å². The zero-order valence-corrected chi connectivity index (χ0v) is 13.9. The van der Waals surface area contributed by atoms with E-state index in [1.54, 1.807) is 24.8 Å². The van der Waals surface area contributed by atoms with Gasteiger partial charge in [-0.2, -0.15) is 11.8 Å². The maximum absolute atomic E-state index is 12.5. The van der Waals surface area contributed by atoms with Crippen molar-refractivity contribution in [2.45, 2.75) is 42.4 Å². The molecule has 3 N–H and O–H groups in total. The van der Waals surface area contributed by atoms with Crippen LogP contribution in [-0.2, 0) is 10.0 Å². The fourth-order valence-corrected chi connectivity index (χ4v) is 5.43. The number of thioether (sulfide) groups is 1. The fraction of sp³-hybridized carbons (Fsp3) is 0.538. The molecule has 1 aromatic rings. The average Bonchev–Trinajstić information content (AvgIpc) is 2.80. The first kappa shape index (κ1) is 15.9. The van der Waals surface area contributed by atoms with Crippen LogP contribution in [-0.4, -0.2) is 26.0 Å². The molecule has 20 heavy (non-hydrogen) atoms. The van der Waals surface area contributed by atoms with E-state index in [4.69, 9.17) is 17.3 Å². The molecule has 7 heteroatoms. The standard InChI is InChI=1S/C13H19ClN2O2S2/c1-8-6-9(14)13(7-10(8)15)20(17,18)16-11-4-3-5-12(11)19-2/h6-7,11-12,16H,3-5,15H2,1-2H3. The molecule has 2 atom stereocenters. The van der Waals surface area contributed by atoms with Gasteiger partial charge in [0.1, 0.15) is 4.90 Å². The predicted molar refractivity (Wildman–Crippen MR) is 85.9 cm³/mol. The van der Waals surface area contributed by atoms with Crippen molar-refractivity contribution >= 4 is 39.1 Å². The Kier molecular flexibility index (Phi) is 4.89. The SMILES string of the molecule is CSC1CCCC1NS(=O)(=O)c1cc(N)c(C)cc1Cl. The molecule has 0 aromatic heterocycles. The minimum Gasteiger partial charge on any atom is -0.398 e. The Morgan fingerprint density at radius 1 is 1.40 bits per heavy atom. The Morgan fingerprint density at radius 2 is 2.10 bits per heavy atom. The van der Waals surface area contributed by atoms with Crippen LogP contribution < -0.4 is 10.5 Å². The van der Waals surface area contributed by atoms with Gasteiger partial charge in [-0.25, -0.2) is 13.1 Å². The van der Waals surface area contributed by atoms with Crippen molar-refractivity contribution in [3.8, 4) is 0 Å². The van der Waals surface area contributed by atoms with Gasteiger partial charge in [0.05, 0.1) is 5.02 Å². The van der Waals surface area contributed by atoms with E-state index in [2.05, 4.69) is 4.72 Å². The number of nitrogens with one attached hydrogen (secondary N) is 1. The maximum atomic E-state index is 12.5. The maximum Gasteiger partial charge on any atom is 0.242 e. The minimum absolute atomic E-state index is 0.0337. The lowest BCUT2D eigenvalue weighted by molar-refractivity contribution is 0.555. The normalized spacial score (nSPS) is 23.1. The number of benzene rings is 1. The van der Waals surface area contributed by atoms with Gasteiger partial charge in [-0.1, -0.05) is 18.0 Å². The smallest absolute Gasteiger partial charge is 0.242 e. The van der Waals surface area contributed by atoms with Crippen molar-refractivity contribution in [3.05, 3.63) is 22.7 Å². The molecule has 1 aliphatic carbocycles. The number of aryl methyl sites for hydroxylation is 1. The van der Waals surface area contributed by atoms with Crippen molar-refractivity contribution in [2.75, 3.05) is 12.0 Å². The van der Waals surface area contributed by atoms with Crippen molar-refractivity contribution in [1.29, 1.82) is 0 Å². The lowest BCUT2D eigenvalue weighted by Gasteiger charge is -2.20. The highest BCUT2D eigenvalue weighted by atomic mass is 35.5. The van der Waals surface area contributed by atoms with Crippen molar-refractivity contribution in [3.63, 3.8) is 0 Å². The molecule has 0 heterocycles. The van der Waals surface area contributed by atoms with E-state index in [1.165, 1.54) is 6.07 Å². The fourth-order valence-electron chi connectivity index (χ4n) is 2.48. The van der Waals surface area contributed by atoms with E-state index in [-0.39, 0.29) is 16.0 Å². The Hall–Kier alpha value is -0.430. The predicted octanol–water partition coefficient (Wildman–Crippen LogP) is 2.79. The Labute approximate surface area is 129 Å². The molecule has 0 spiro atoms. The monoisotopic (exact) mass is 334 g/mol. The summed E-state index contributed by atoms with van der Waals surface area (Å²) in [5.74, 6) is 0. The first-order chi connectivity index (χ1) is 9.35. The van der Waals surface area contributed by atoms with Crippen LogP contribution in [0.2, 0.25) is 5.02 Å². The summed E-state index contributed by atoms with van der Waals surface area (Å²) in [6.45, 7) is 1.80. The summed E-state index contributed by atoms with van der Waals surface area (Å²) in [4.78, 5) is 0.0639. The van der Waals surface area contributed by atoms with Gasteiger partial charge in [-0.15, -0.1) is 0 Å². The third-order valence-electron chi connectivity index (χ3n) is 3.67. The molecule has 1 fully saturated rings. The van der Waals surface area contributed by atoms with Crippen LogP contribution >= 0.6 is 23.4 Å². The van der Waals surface area contributed by atoms with Crippen LogP contribution in [0.3, 0.4) is 0 Å². The minimum atomic E-state index is -3.63. The number of nitrogens with two attached hydrogens (primary N) is 1. The number of halogens is 1. The van der Waals surface area contributed by atoms with Gasteiger partial charge in [-0.05, 0) is 43.7 Å². The molecule has 0 bridgehead atoms. The second kappa shape index (κ2) is 6.13. The van der Waals surface area contributed by atoms with Crippen molar-refractivity contribution in [1.82, 2.24) is 4.72 Å². The second-order valence-electron chi connectivity index (χ2n) is 5.07. The summed E-state index contributed by atoms with van der Waals surface area (Å²) < 4.78 is 27.7. The zero-order chi connectivity index (χ0) is 14.9. The molecule has 2 unspecified atom stereocenters. The molecule has 112 valence electrons. The van der Waals surface area contributed by atoms with Gasteiger partial charge in [-0.3, -0.25) is 0 Å². The highest BCUT2D eigenvalue weighted by Crippen LogP contribution is 2.31. The van der Waals surface area contributed by atoms with E-state index >= 15 is 0 Å². The van der Waals surface area contributed by atoms with Crippen LogP contribution in [0.5, 0.6) is 0 Å². The van der Waals surface area contributed by atoms with Gasteiger partial charge in [0, 0.05) is 17.0 Å². The van der Waals surface area contributed by atoms with Crippen molar-refractivity contribution < 1.29 is 8.42 Å². The quantitative estimate of drug-likeness (QED) is 0.830. The topological polar surface area (TPSA) is 72.2 Å². The number of hydrogen-bond donors (Lipinski definition) is 2. The van der Waals surface area contributed by atoms with Gasteiger partial charge in [0.15, 0.2) is 0 Å². The lowest BCUT2D eigenvalue weighted by Crippen LogP contribution is -2.38. The van der Waals surface area contributed by atoms with Crippen LogP contribution in [0, 0.1) is 6.92 Å². The zero-order valence-electron chi connectivity index (χ0n) is 11.5. The lowest BCUT2D eigenvalue weighted by atomic mass is 10.2. The summed E-state index contributed by atoms with van der Waals surface area (Å²) in [5, 5.41) is 0.536. The number of nitrogen functional groups attached to an aromatic ring is 1. The van der Waals surface area contributed by atoms with E-state index in [9.17, 15) is 8.42 Å². The molecule has 0 radical (unpaired) electrons. The summed E-state index contributed by atoms with van der Waals surface area (Å²) >= 11 is 7.76. The van der Waals surface area contributed by atoms with Crippen LogP contribution in [0.4, 0.5) is 5.69 Å². The number of sulfonamides is 1. The van der Waals surface area contributed by atoms with E-state index < -0.39 is 10.0 Å². The van der Waals surface area contributed by atoms with Gasteiger partial charge in [0.2, 0.25) is 10.0 Å². The molecule has 4 nitrogen and oxygen atoms in total. The van der Waals surface area contributed by atoms with E-state index in [0.29, 0.717) is 10.9 Å². The largest absolute Gasteiger partial charge is 0.398 e. The van der Waals surface area contributed by atoms with E-state index in [0.717, 1.165) is 24.8 Å². The highest BCUT2D eigenvalue weighted by Gasteiger charge is 2.31. The molecular formula is C13H19ClN2O2S2. The Morgan fingerprint density at radius 3 is 2.75 bits per heavy atom. The molecule has 0 amide bonds. The number of anilines is 1. The summed E-state index contributed by atoms with van der Waals surface area (Å²) in [7, 11) is -3.63. The first-order valence-electron chi connectivity index (χ1n) is 6.46. The molecule has 1 saturated carbocycles. The molecule has 1 aliphatic rings. The number of rotatable bonds is 4.